The predicted molar refractivity (Wildman–Crippen MR) is 73.7 cm³/mol. The van der Waals surface area contributed by atoms with Crippen molar-refractivity contribution >= 4 is 0 Å². The molecule has 0 amide bonds. The van der Waals surface area contributed by atoms with Crippen LogP contribution in [0.2, 0.25) is 0 Å². The van der Waals surface area contributed by atoms with Crippen LogP contribution in [0, 0.1) is 11.8 Å². The van der Waals surface area contributed by atoms with E-state index >= 15 is 0 Å². The van der Waals surface area contributed by atoms with Crippen molar-refractivity contribution in [3.8, 4) is 0 Å². The highest BCUT2D eigenvalue weighted by Crippen LogP contribution is 2.41. The second kappa shape index (κ2) is 5.10. The zero-order valence-corrected chi connectivity index (χ0v) is 12.0. The Bertz CT molecular complexity index is 286. The van der Waals surface area contributed by atoms with Crippen LogP contribution in [0.1, 0.15) is 39.5 Å². The highest BCUT2D eigenvalue weighted by molar-refractivity contribution is 5.03. The van der Waals surface area contributed by atoms with Gasteiger partial charge >= 0.3 is 0 Å². The highest BCUT2D eigenvalue weighted by Gasteiger charge is 2.45. The summed E-state index contributed by atoms with van der Waals surface area (Å²) in [7, 11) is 0. The maximum Gasteiger partial charge on any atom is 0.0469 e. The Hall–Kier alpha value is -0.120. The topological polar surface area (TPSA) is 24.5 Å². The van der Waals surface area contributed by atoms with Gasteiger partial charge in [-0.15, -0.1) is 0 Å². The number of nitrogens with one attached hydrogen (secondary N) is 1. The molecule has 0 aromatic carbocycles. The molecule has 18 heavy (non-hydrogen) atoms. The third-order valence-electron chi connectivity index (χ3n) is 5.46. The Kier molecular flexibility index (Phi) is 3.65. The molecule has 2 saturated heterocycles. The van der Waals surface area contributed by atoms with Crippen molar-refractivity contribution in [2.75, 3.05) is 32.8 Å². The van der Waals surface area contributed by atoms with Crippen molar-refractivity contribution in [2.24, 2.45) is 11.8 Å². The van der Waals surface area contributed by atoms with Crippen molar-refractivity contribution in [2.45, 2.75) is 51.1 Å². The first kappa shape index (κ1) is 12.9. The number of hydrogen-bond acceptors (Lipinski definition) is 3. The summed E-state index contributed by atoms with van der Waals surface area (Å²) in [5, 5.41) is 3.78. The third-order valence-corrected chi connectivity index (χ3v) is 5.46. The van der Waals surface area contributed by atoms with Crippen molar-refractivity contribution in [1.29, 1.82) is 0 Å². The lowest BCUT2D eigenvalue weighted by atomic mass is 9.87. The van der Waals surface area contributed by atoms with Crippen LogP contribution < -0.4 is 5.32 Å². The van der Waals surface area contributed by atoms with Crippen LogP contribution >= 0.6 is 0 Å². The monoisotopic (exact) mass is 252 g/mol. The minimum atomic E-state index is 0.387. The number of nitrogens with zero attached hydrogens (tertiary/aromatic N) is 1. The van der Waals surface area contributed by atoms with Gasteiger partial charge in [0.15, 0.2) is 0 Å². The lowest BCUT2D eigenvalue weighted by Gasteiger charge is -2.46. The zero-order valence-electron chi connectivity index (χ0n) is 12.0. The van der Waals surface area contributed by atoms with E-state index < -0.39 is 0 Å². The molecule has 3 heteroatoms. The zero-order chi connectivity index (χ0) is 12.6. The summed E-state index contributed by atoms with van der Waals surface area (Å²) in [6.07, 6.45) is 5.38. The van der Waals surface area contributed by atoms with Gasteiger partial charge < -0.3 is 10.1 Å². The quantitative estimate of drug-likeness (QED) is 0.830. The molecule has 3 fully saturated rings. The molecule has 0 bridgehead atoms. The smallest absolute Gasteiger partial charge is 0.0469 e. The molecular formula is C15H28N2O. The Labute approximate surface area is 111 Å². The van der Waals surface area contributed by atoms with Crippen LogP contribution in [0.3, 0.4) is 0 Å². The van der Waals surface area contributed by atoms with E-state index in [0.717, 1.165) is 31.1 Å². The molecule has 3 aliphatic rings. The second-order valence-electron chi connectivity index (χ2n) is 6.78. The number of ether oxygens (including phenoxy) is 1. The fraction of sp³-hybridized carbons (Fsp3) is 1.00. The fourth-order valence-corrected chi connectivity index (χ4v) is 3.88. The molecule has 1 aliphatic carbocycles. The second-order valence-corrected chi connectivity index (χ2v) is 6.78. The van der Waals surface area contributed by atoms with E-state index in [4.69, 9.17) is 4.74 Å². The van der Waals surface area contributed by atoms with Crippen LogP contribution in [0.4, 0.5) is 0 Å². The molecule has 0 radical (unpaired) electrons. The molecule has 1 saturated carbocycles. The third kappa shape index (κ3) is 2.59. The molecule has 0 spiro atoms. The molecule has 2 atom stereocenters. The highest BCUT2D eigenvalue weighted by atomic mass is 16.5. The van der Waals surface area contributed by atoms with Crippen LogP contribution in [-0.2, 0) is 4.74 Å². The van der Waals surface area contributed by atoms with E-state index in [1.54, 1.807) is 0 Å². The van der Waals surface area contributed by atoms with Gasteiger partial charge in [0.25, 0.3) is 0 Å². The van der Waals surface area contributed by atoms with Gasteiger partial charge in [-0.3, -0.25) is 4.90 Å². The normalized spacial score (nSPS) is 37.7. The summed E-state index contributed by atoms with van der Waals surface area (Å²) in [5.74, 6) is 1.78. The Balaban J connectivity index is 1.60. The van der Waals surface area contributed by atoms with Gasteiger partial charge in [0.05, 0.1) is 0 Å². The van der Waals surface area contributed by atoms with Gasteiger partial charge in [0.1, 0.15) is 0 Å². The molecule has 1 N–H and O–H groups in total. The summed E-state index contributed by atoms with van der Waals surface area (Å²) < 4.78 is 5.50. The number of rotatable bonds is 3. The summed E-state index contributed by atoms with van der Waals surface area (Å²) in [6.45, 7) is 10.5. The fourth-order valence-electron chi connectivity index (χ4n) is 3.88. The van der Waals surface area contributed by atoms with Crippen molar-refractivity contribution in [3.63, 3.8) is 0 Å². The maximum absolute atomic E-state index is 5.50. The van der Waals surface area contributed by atoms with Gasteiger partial charge in [0.2, 0.25) is 0 Å². The standard InChI is InChI=1S/C15H28N2O/c1-12(13-5-9-18-10-6-13)17-8-7-16-15(2,11-17)14-3-4-14/h12-14,16H,3-11H2,1-2H3. The molecule has 104 valence electrons. The average Bonchev–Trinajstić information content (AvgIpc) is 3.24. The SMILES string of the molecule is CC(C1CCOCC1)N1CCNC(C)(C2CC2)C1. The predicted octanol–water partition coefficient (Wildman–Crippen LogP) is 1.88. The molecule has 0 aromatic heterocycles. The van der Waals surface area contributed by atoms with Crippen molar-refractivity contribution in [3.05, 3.63) is 0 Å². The average molecular weight is 252 g/mol. The molecule has 2 heterocycles. The van der Waals surface area contributed by atoms with Gasteiger partial charge in [0, 0.05) is 44.4 Å². The van der Waals surface area contributed by atoms with Crippen LogP contribution in [0.5, 0.6) is 0 Å². The van der Waals surface area contributed by atoms with Crippen LogP contribution in [0.15, 0.2) is 0 Å². The van der Waals surface area contributed by atoms with Gasteiger partial charge in [-0.1, -0.05) is 0 Å². The lowest BCUT2D eigenvalue weighted by molar-refractivity contribution is 0.0111. The summed E-state index contributed by atoms with van der Waals surface area (Å²) in [5.41, 5.74) is 0.387. The number of hydrogen-bond donors (Lipinski definition) is 1. The first-order chi connectivity index (χ1) is 8.69. The van der Waals surface area contributed by atoms with E-state index in [9.17, 15) is 0 Å². The molecule has 2 aliphatic heterocycles. The van der Waals surface area contributed by atoms with Gasteiger partial charge in [-0.25, -0.2) is 0 Å². The molecular weight excluding hydrogens is 224 g/mol. The van der Waals surface area contributed by atoms with Crippen molar-refractivity contribution < 1.29 is 4.74 Å². The molecule has 3 nitrogen and oxygen atoms in total. The summed E-state index contributed by atoms with van der Waals surface area (Å²) in [6, 6.07) is 0.731. The molecule has 2 unspecified atom stereocenters. The van der Waals surface area contributed by atoms with E-state index in [2.05, 4.69) is 24.1 Å². The van der Waals surface area contributed by atoms with Crippen LogP contribution in [0.25, 0.3) is 0 Å². The van der Waals surface area contributed by atoms with E-state index in [0.29, 0.717) is 5.54 Å². The number of piperazine rings is 1. The maximum atomic E-state index is 5.50. The van der Waals surface area contributed by atoms with Crippen LogP contribution in [-0.4, -0.2) is 49.3 Å². The van der Waals surface area contributed by atoms with E-state index in [1.165, 1.54) is 45.3 Å². The van der Waals surface area contributed by atoms with Crippen molar-refractivity contribution in [1.82, 2.24) is 10.2 Å². The Morgan fingerprint density at radius 1 is 1.22 bits per heavy atom. The van der Waals surface area contributed by atoms with E-state index in [1.807, 2.05) is 0 Å². The minimum absolute atomic E-state index is 0.387. The first-order valence-corrected chi connectivity index (χ1v) is 7.76. The Morgan fingerprint density at radius 2 is 1.94 bits per heavy atom. The molecule has 3 rings (SSSR count). The minimum Gasteiger partial charge on any atom is -0.381 e. The lowest BCUT2D eigenvalue weighted by Crippen LogP contribution is -2.62. The van der Waals surface area contributed by atoms with E-state index in [-0.39, 0.29) is 0 Å². The largest absolute Gasteiger partial charge is 0.381 e. The van der Waals surface area contributed by atoms with Gasteiger partial charge in [-0.2, -0.15) is 0 Å². The summed E-state index contributed by atoms with van der Waals surface area (Å²) >= 11 is 0. The summed E-state index contributed by atoms with van der Waals surface area (Å²) in [4.78, 5) is 2.74. The molecule has 0 aromatic rings. The first-order valence-electron chi connectivity index (χ1n) is 7.76. The van der Waals surface area contributed by atoms with Gasteiger partial charge in [-0.05, 0) is 51.4 Å². The Morgan fingerprint density at radius 3 is 2.61 bits per heavy atom.